The van der Waals surface area contributed by atoms with Crippen LogP contribution < -0.4 is 10.1 Å². The lowest BCUT2D eigenvalue weighted by Gasteiger charge is -2.13. The molecule has 0 aromatic heterocycles. The molecule has 4 nitrogen and oxygen atoms in total. The largest absolute Gasteiger partial charge is 0.491 e. The normalized spacial score (nSPS) is 11.8. The van der Waals surface area contributed by atoms with Crippen molar-refractivity contribution in [3.63, 3.8) is 0 Å². The SMILES string of the molecule is CC(=O)Nc1ccc(OC[C@@H](O)c2ccc(F)cc2)cc1. The van der Waals surface area contributed by atoms with Crippen molar-refractivity contribution >= 4 is 11.6 Å². The summed E-state index contributed by atoms with van der Waals surface area (Å²) in [5, 5.41) is 12.6. The molecule has 2 N–H and O–H groups in total. The number of carbonyl (C=O) groups is 1. The summed E-state index contributed by atoms with van der Waals surface area (Å²) in [4.78, 5) is 10.9. The van der Waals surface area contributed by atoms with E-state index in [-0.39, 0.29) is 18.3 Å². The number of nitrogens with one attached hydrogen (secondary N) is 1. The van der Waals surface area contributed by atoms with Gasteiger partial charge in [0, 0.05) is 12.6 Å². The predicted molar refractivity (Wildman–Crippen MR) is 77.6 cm³/mol. The monoisotopic (exact) mass is 289 g/mol. The van der Waals surface area contributed by atoms with Gasteiger partial charge in [-0.15, -0.1) is 0 Å². The summed E-state index contributed by atoms with van der Waals surface area (Å²) in [5.74, 6) is 0.0843. The second kappa shape index (κ2) is 6.85. The van der Waals surface area contributed by atoms with Gasteiger partial charge in [0.1, 0.15) is 24.3 Å². The molecule has 0 radical (unpaired) electrons. The van der Waals surface area contributed by atoms with Crippen molar-refractivity contribution in [2.75, 3.05) is 11.9 Å². The third kappa shape index (κ3) is 4.57. The molecule has 0 unspecified atom stereocenters. The summed E-state index contributed by atoms with van der Waals surface area (Å²) >= 11 is 0. The molecular formula is C16H16FNO3. The van der Waals surface area contributed by atoms with Crippen LogP contribution in [0.15, 0.2) is 48.5 Å². The molecule has 1 amide bonds. The fraction of sp³-hybridized carbons (Fsp3) is 0.188. The second-order valence-corrected chi connectivity index (χ2v) is 4.58. The van der Waals surface area contributed by atoms with Crippen LogP contribution >= 0.6 is 0 Å². The van der Waals surface area contributed by atoms with Gasteiger partial charge in [0.25, 0.3) is 0 Å². The van der Waals surface area contributed by atoms with Gasteiger partial charge in [-0.25, -0.2) is 4.39 Å². The highest BCUT2D eigenvalue weighted by Crippen LogP contribution is 2.19. The number of halogens is 1. The molecule has 2 aromatic carbocycles. The fourth-order valence-corrected chi connectivity index (χ4v) is 1.79. The topological polar surface area (TPSA) is 58.6 Å². The zero-order valence-electron chi connectivity index (χ0n) is 11.5. The number of aliphatic hydroxyl groups excluding tert-OH is 1. The van der Waals surface area contributed by atoms with E-state index in [0.717, 1.165) is 0 Å². The number of hydrogen-bond donors (Lipinski definition) is 2. The first-order chi connectivity index (χ1) is 10.0. The number of amides is 1. The van der Waals surface area contributed by atoms with Crippen molar-refractivity contribution in [3.8, 4) is 5.75 Å². The summed E-state index contributed by atoms with van der Waals surface area (Å²) in [5.41, 5.74) is 1.26. The molecule has 110 valence electrons. The zero-order chi connectivity index (χ0) is 15.2. The average Bonchev–Trinajstić information content (AvgIpc) is 2.46. The smallest absolute Gasteiger partial charge is 0.221 e. The Bertz CT molecular complexity index is 596. The maximum atomic E-state index is 12.8. The van der Waals surface area contributed by atoms with Crippen LogP contribution in [0, 0.1) is 5.82 Å². The summed E-state index contributed by atoms with van der Waals surface area (Å²) in [6.07, 6.45) is -0.833. The fourth-order valence-electron chi connectivity index (χ4n) is 1.79. The lowest BCUT2D eigenvalue weighted by Crippen LogP contribution is -2.10. The van der Waals surface area contributed by atoms with Crippen LogP contribution in [0.2, 0.25) is 0 Å². The van der Waals surface area contributed by atoms with Crippen molar-refractivity contribution in [1.29, 1.82) is 0 Å². The van der Waals surface area contributed by atoms with E-state index in [9.17, 15) is 14.3 Å². The first-order valence-corrected chi connectivity index (χ1v) is 6.48. The summed E-state index contributed by atoms with van der Waals surface area (Å²) in [6, 6.07) is 12.4. The molecule has 0 heterocycles. The number of anilines is 1. The molecule has 21 heavy (non-hydrogen) atoms. The van der Waals surface area contributed by atoms with E-state index in [1.165, 1.54) is 31.2 Å². The molecule has 0 fully saturated rings. The van der Waals surface area contributed by atoms with Crippen molar-refractivity contribution in [2.45, 2.75) is 13.0 Å². The highest BCUT2D eigenvalue weighted by atomic mass is 19.1. The Morgan fingerprint density at radius 1 is 1.19 bits per heavy atom. The number of hydrogen-bond acceptors (Lipinski definition) is 3. The van der Waals surface area contributed by atoms with E-state index in [1.807, 2.05) is 0 Å². The van der Waals surface area contributed by atoms with Gasteiger partial charge < -0.3 is 15.2 Å². The highest BCUT2D eigenvalue weighted by Gasteiger charge is 2.08. The van der Waals surface area contributed by atoms with Crippen molar-refractivity contribution in [2.24, 2.45) is 0 Å². The van der Waals surface area contributed by atoms with Crippen LogP contribution in [0.5, 0.6) is 5.75 Å². The van der Waals surface area contributed by atoms with Crippen molar-refractivity contribution in [1.82, 2.24) is 0 Å². The molecule has 1 atom stereocenters. The van der Waals surface area contributed by atoms with Crippen LogP contribution in [0.3, 0.4) is 0 Å². The minimum Gasteiger partial charge on any atom is -0.491 e. The van der Waals surface area contributed by atoms with Crippen molar-refractivity contribution < 1.29 is 19.0 Å². The second-order valence-electron chi connectivity index (χ2n) is 4.58. The van der Waals surface area contributed by atoms with E-state index in [0.29, 0.717) is 17.0 Å². The van der Waals surface area contributed by atoms with E-state index in [2.05, 4.69) is 5.32 Å². The van der Waals surface area contributed by atoms with Gasteiger partial charge in [0.2, 0.25) is 5.91 Å². The minimum atomic E-state index is -0.833. The third-order valence-electron chi connectivity index (χ3n) is 2.84. The predicted octanol–water partition coefficient (Wildman–Crippen LogP) is 2.90. The molecule has 0 aliphatic carbocycles. The van der Waals surface area contributed by atoms with Gasteiger partial charge in [-0.05, 0) is 42.0 Å². The lowest BCUT2D eigenvalue weighted by atomic mass is 10.1. The summed E-state index contributed by atoms with van der Waals surface area (Å²) < 4.78 is 18.2. The Labute approximate surface area is 122 Å². The Morgan fingerprint density at radius 3 is 2.38 bits per heavy atom. The van der Waals surface area contributed by atoms with E-state index >= 15 is 0 Å². The van der Waals surface area contributed by atoms with Crippen LogP contribution in [-0.4, -0.2) is 17.6 Å². The van der Waals surface area contributed by atoms with E-state index in [1.54, 1.807) is 24.3 Å². The van der Waals surface area contributed by atoms with Gasteiger partial charge in [0.15, 0.2) is 0 Å². The first-order valence-electron chi connectivity index (χ1n) is 6.48. The van der Waals surface area contributed by atoms with Crippen molar-refractivity contribution in [3.05, 3.63) is 59.9 Å². The highest BCUT2D eigenvalue weighted by molar-refractivity contribution is 5.88. The molecule has 2 rings (SSSR count). The van der Waals surface area contributed by atoms with E-state index < -0.39 is 6.10 Å². The average molecular weight is 289 g/mol. The van der Waals surface area contributed by atoms with Gasteiger partial charge >= 0.3 is 0 Å². The Morgan fingerprint density at radius 2 is 1.81 bits per heavy atom. The first kappa shape index (κ1) is 15.0. The van der Waals surface area contributed by atoms with E-state index in [4.69, 9.17) is 4.74 Å². The maximum Gasteiger partial charge on any atom is 0.221 e. The number of aliphatic hydroxyl groups is 1. The van der Waals surface area contributed by atoms with Gasteiger partial charge in [-0.2, -0.15) is 0 Å². The quantitative estimate of drug-likeness (QED) is 0.889. The Kier molecular flexibility index (Phi) is 4.90. The Hall–Kier alpha value is -2.40. The molecule has 5 heteroatoms. The zero-order valence-corrected chi connectivity index (χ0v) is 11.5. The van der Waals surface area contributed by atoms with Crippen LogP contribution in [-0.2, 0) is 4.79 Å². The van der Waals surface area contributed by atoms with Gasteiger partial charge in [-0.3, -0.25) is 4.79 Å². The molecule has 0 aliphatic rings. The number of carbonyl (C=O) groups excluding carboxylic acids is 1. The number of benzene rings is 2. The summed E-state index contributed by atoms with van der Waals surface area (Å²) in [6.45, 7) is 1.49. The van der Waals surface area contributed by atoms with Gasteiger partial charge in [-0.1, -0.05) is 12.1 Å². The molecule has 0 aliphatic heterocycles. The lowest BCUT2D eigenvalue weighted by molar-refractivity contribution is -0.114. The standard InChI is InChI=1S/C16H16FNO3/c1-11(19)18-14-6-8-15(9-7-14)21-10-16(20)12-2-4-13(17)5-3-12/h2-9,16,20H,10H2,1H3,(H,18,19)/t16-/m1/s1. The third-order valence-corrected chi connectivity index (χ3v) is 2.84. The maximum absolute atomic E-state index is 12.8. The van der Waals surface area contributed by atoms with Gasteiger partial charge in [0.05, 0.1) is 0 Å². The number of rotatable bonds is 5. The molecule has 0 spiro atoms. The Balaban J connectivity index is 1.90. The van der Waals surface area contributed by atoms with Crippen LogP contribution in [0.1, 0.15) is 18.6 Å². The number of ether oxygens (including phenoxy) is 1. The molecule has 0 saturated heterocycles. The minimum absolute atomic E-state index is 0.0606. The molecular weight excluding hydrogens is 273 g/mol. The summed E-state index contributed by atoms with van der Waals surface area (Å²) in [7, 11) is 0. The molecule has 2 aromatic rings. The molecule has 0 saturated carbocycles. The molecule has 0 bridgehead atoms. The van der Waals surface area contributed by atoms with Crippen LogP contribution in [0.25, 0.3) is 0 Å². The van der Waals surface area contributed by atoms with Crippen LogP contribution in [0.4, 0.5) is 10.1 Å².